The van der Waals surface area contributed by atoms with E-state index >= 15 is 0 Å². The lowest BCUT2D eigenvalue weighted by molar-refractivity contribution is 0.0922. The van der Waals surface area contributed by atoms with Gasteiger partial charge in [0.05, 0.1) is 6.61 Å². The summed E-state index contributed by atoms with van der Waals surface area (Å²) < 4.78 is 5.91. The molecule has 0 aromatic heterocycles. The number of carbonyl (C=O) groups excluding carboxylic acids is 1. The standard InChI is InChI=1S/C11H15BrN2O2/c1-2-16-6-5-14-11(15)8-3-4-9(12)10(13)7-8/h3-4,7H,2,5-6,13H2,1H3,(H,14,15). The Morgan fingerprint density at radius 3 is 2.94 bits per heavy atom. The Labute approximate surface area is 103 Å². The second-order valence-corrected chi connectivity index (χ2v) is 4.04. The molecule has 0 atom stereocenters. The van der Waals surface area contributed by atoms with Crippen molar-refractivity contribution < 1.29 is 9.53 Å². The van der Waals surface area contributed by atoms with E-state index in [0.717, 1.165) is 4.47 Å². The number of nitrogen functional groups attached to an aromatic ring is 1. The number of nitrogens with one attached hydrogen (secondary N) is 1. The van der Waals surface area contributed by atoms with Gasteiger partial charge in [-0.15, -0.1) is 0 Å². The second kappa shape index (κ2) is 6.50. The van der Waals surface area contributed by atoms with Gasteiger partial charge >= 0.3 is 0 Å². The maximum absolute atomic E-state index is 11.6. The summed E-state index contributed by atoms with van der Waals surface area (Å²) in [5.74, 6) is -0.140. The first-order chi connectivity index (χ1) is 7.65. The quantitative estimate of drug-likeness (QED) is 0.641. The number of hydrogen-bond donors (Lipinski definition) is 2. The maximum Gasteiger partial charge on any atom is 0.251 e. The zero-order chi connectivity index (χ0) is 12.0. The molecule has 0 aliphatic carbocycles. The predicted octanol–water partition coefficient (Wildman–Crippen LogP) is 1.80. The Morgan fingerprint density at radius 1 is 1.56 bits per heavy atom. The van der Waals surface area contributed by atoms with E-state index < -0.39 is 0 Å². The van der Waals surface area contributed by atoms with Gasteiger partial charge in [0.2, 0.25) is 0 Å². The first-order valence-corrected chi connectivity index (χ1v) is 5.85. The van der Waals surface area contributed by atoms with Crippen LogP contribution in [0.15, 0.2) is 22.7 Å². The van der Waals surface area contributed by atoms with Crippen molar-refractivity contribution in [2.24, 2.45) is 0 Å². The van der Waals surface area contributed by atoms with Crippen molar-refractivity contribution in [2.45, 2.75) is 6.92 Å². The summed E-state index contributed by atoms with van der Waals surface area (Å²) in [6.07, 6.45) is 0. The molecule has 0 saturated heterocycles. The fourth-order valence-corrected chi connectivity index (χ4v) is 1.41. The fourth-order valence-electron chi connectivity index (χ4n) is 1.17. The van der Waals surface area contributed by atoms with Crippen LogP contribution in [0, 0.1) is 0 Å². The fraction of sp³-hybridized carbons (Fsp3) is 0.364. The molecule has 1 aromatic carbocycles. The summed E-state index contributed by atoms with van der Waals surface area (Å²) in [5, 5.41) is 2.75. The van der Waals surface area contributed by atoms with Crippen molar-refractivity contribution in [3.63, 3.8) is 0 Å². The number of ether oxygens (including phenoxy) is 1. The van der Waals surface area contributed by atoms with Crippen LogP contribution in [0.2, 0.25) is 0 Å². The minimum atomic E-state index is -0.140. The predicted molar refractivity (Wildman–Crippen MR) is 67.4 cm³/mol. The van der Waals surface area contributed by atoms with E-state index in [1.54, 1.807) is 18.2 Å². The third kappa shape index (κ3) is 3.83. The number of nitrogens with two attached hydrogens (primary N) is 1. The molecule has 0 radical (unpaired) electrons. The second-order valence-electron chi connectivity index (χ2n) is 3.19. The first kappa shape index (κ1) is 13.0. The smallest absolute Gasteiger partial charge is 0.251 e. The van der Waals surface area contributed by atoms with E-state index in [4.69, 9.17) is 10.5 Å². The summed E-state index contributed by atoms with van der Waals surface area (Å²) in [6.45, 7) is 3.59. The topological polar surface area (TPSA) is 64.3 Å². The van der Waals surface area contributed by atoms with Crippen LogP contribution >= 0.6 is 15.9 Å². The Bertz CT molecular complexity index is 369. The summed E-state index contributed by atoms with van der Waals surface area (Å²) in [7, 11) is 0. The zero-order valence-electron chi connectivity index (χ0n) is 9.13. The summed E-state index contributed by atoms with van der Waals surface area (Å²) >= 11 is 3.27. The molecule has 88 valence electrons. The average Bonchev–Trinajstić information content (AvgIpc) is 2.28. The summed E-state index contributed by atoms with van der Waals surface area (Å²) in [6, 6.07) is 5.11. The van der Waals surface area contributed by atoms with Gasteiger partial charge in [0.1, 0.15) is 0 Å². The highest BCUT2D eigenvalue weighted by atomic mass is 79.9. The number of halogens is 1. The molecule has 5 heteroatoms. The van der Waals surface area contributed by atoms with Gasteiger partial charge in [0, 0.05) is 28.9 Å². The van der Waals surface area contributed by atoms with Gasteiger partial charge in [-0.3, -0.25) is 4.79 Å². The molecule has 1 amide bonds. The summed E-state index contributed by atoms with van der Waals surface area (Å²) in [4.78, 5) is 11.6. The molecule has 0 aliphatic rings. The normalized spacial score (nSPS) is 10.1. The third-order valence-electron chi connectivity index (χ3n) is 1.99. The Kier molecular flexibility index (Phi) is 5.28. The number of hydrogen-bond acceptors (Lipinski definition) is 3. The SMILES string of the molecule is CCOCCNC(=O)c1ccc(Br)c(N)c1. The lowest BCUT2D eigenvalue weighted by Crippen LogP contribution is -2.27. The molecule has 3 N–H and O–H groups in total. The van der Waals surface area contributed by atoms with Gasteiger partial charge < -0.3 is 15.8 Å². The molecule has 0 aliphatic heterocycles. The molecule has 1 aromatic rings. The van der Waals surface area contributed by atoms with E-state index in [-0.39, 0.29) is 5.91 Å². The van der Waals surface area contributed by atoms with Crippen molar-refractivity contribution >= 4 is 27.5 Å². The van der Waals surface area contributed by atoms with Crippen molar-refractivity contribution in [3.05, 3.63) is 28.2 Å². The molecule has 0 spiro atoms. The van der Waals surface area contributed by atoms with Crippen LogP contribution in [0.1, 0.15) is 17.3 Å². The van der Waals surface area contributed by atoms with E-state index in [1.165, 1.54) is 0 Å². The highest BCUT2D eigenvalue weighted by Crippen LogP contribution is 2.19. The number of carbonyl (C=O) groups is 1. The highest BCUT2D eigenvalue weighted by molar-refractivity contribution is 9.10. The van der Waals surface area contributed by atoms with Crippen LogP contribution in [-0.2, 0) is 4.74 Å². The molecular formula is C11H15BrN2O2. The van der Waals surface area contributed by atoms with Gasteiger partial charge in [-0.1, -0.05) is 0 Å². The Morgan fingerprint density at radius 2 is 2.31 bits per heavy atom. The van der Waals surface area contributed by atoms with Gasteiger partial charge in [-0.25, -0.2) is 0 Å². The largest absolute Gasteiger partial charge is 0.398 e. The van der Waals surface area contributed by atoms with Crippen LogP contribution in [0.5, 0.6) is 0 Å². The molecule has 0 heterocycles. The number of benzene rings is 1. The monoisotopic (exact) mass is 286 g/mol. The van der Waals surface area contributed by atoms with Crippen LogP contribution in [-0.4, -0.2) is 25.7 Å². The molecule has 0 saturated carbocycles. The zero-order valence-corrected chi connectivity index (χ0v) is 10.7. The molecule has 0 fully saturated rings. The molecule has 0 bridgehead atoms. The summed E-state index contributed by atoms with van der Waals surface area (Å²) in [5.41, 5.74) is 6.79. The molecule has 1 rings (SSSR count). The van der Waals surface area contributed by atoms with Crippen molar-refractivity contribution in [1.29, 1.82) is 0 Å². The lowest BCUT2D eigenvalue weighted by Gasteiger charge is -2.06. The van der Waals surface area contributed by atoms with Crippen molar-refractivity contribution in [1.82, 2.24) is 5.32 Å². The van der Waals surface area contributed by atoms with Crippen LogP contribution < -0.4 is 11.1 Å². The average molecular weight is 287 g/mol. The minimum Gasteiger partial charge on any atom is -0.398 e. The Hall–Kier alpha value is -1.07. The van der Waals surface area contributed by atoms with E-state index in [0.29, 0.717) is 31.0 Å². The molecule has 0 unspecified atom stereocenters. The van der Waals surface area contributed by atoms with Crippen molar-refractivity contribution in [2.75, 3.05) is 25.5 Å². The van der Waals surface area contributed by atoms with Crippen molar-refractivity contribution in [3.8, 4) is 0 Å². The van der Waals surface area contributed by atoms with Crippen LogP contribution in [0.25, 0.3) is 0 Å². The van der Waals surface area contributed by atoms with Gasteiger partial charge in [-0.05, 0) is 41.1 Å². The van der Waals surface area contributed by atoms with Crippen LogP contribution in [0.4, 0.5) is 5.69 Å². The van der Waals surface area contributed by atoms with Gasteiger partial charge in [-0.2, -0.15) is 0 Å². The van der Waals surface area contributed by atoms with E-state index in [9.17, 15) is 4.79 Å². The molecule has 16 heavy (non-hydrogen) atoms. The Balaban J connectivity index is 2.50. The number of amides is 1. The molecule has 4 nitrogen and oxygen atoms in total. The van der Waals surface area contributed by atoms with Gasteiger partial charge in [0.25, 0.3) is 5.91 Å². The van der Waals surface area contributed by atoms with E-state index in [2.05, 4.69) is 21.2 Å². The number of rotatable bonds is 5. The maximum atomic E-state index is 11.6. The highest BCUT2D eigenvalue weighted by Gasteiger charge is 2.06. The van der Waals surface area contributed by atoms with Gasteiger partial charge in [0.15, 0.2) is 0 Å². The minimum absolute atomic E-state index is 0.140. The first-order valence-electron chi connectivity index (χ1n) is 5.06. The number of anilines is 1. The van der Waals surface area contributed by atoms with Crippen LogP contribution in [0.3, 0.4) is 0 Å². The molecular weight excluding hydrogens is 272 g/mol. The van der Waals surface area contributed by atoms with E-state index in [1.807, 2.05) is 6.92 Å². The third-order valence-corrected chi connectivity index (χ3v) is 2.72. The lowest BCUT2D eigenvalue weighted by atomic mass is 10.2.